The van der Waals surface area contributed by atoms with Crippen LogP contribution in [0, 0.1) is 0 Å². The van der Waals surface area contributed by atoms with Gasteiger partial charge in [0, 0.05) is 19.4 Å². The maximum Gasteiger partial charge on any atom is 0.303 e. The lowest BCUT2D eigenvalue weighted by molar-refractivity contribution is -0.137. The summed E-state index contributed by atoms with van der Waals surface area (Å²) in [6.45, 7) is 2.51. The number of carbonyl (C=O) groups excluding carboxylic acids is 1. The number of amides is 1. The second kappa shape index (κ2) is 9.00. The molecule has 1 unspecified atom stereocenters. The lowest BCUT2D eigenvalue weighted by Crippen LogP contribution is -2.25. The van der Waals surface area contributed by atoms with Crippen molar-refractivity contribution in [3.63, 3.8) is 0 Å². The molecule has 0 aliphatic carbocycles. The van der Waals surface area contributed by atoms with Crippen molar-refractivity contribution in [1.29, 1.82) is 0 Å². The number of aliphatic carboxylic acids is 1. The number of carbonyl (C=O) groups is 2. The summed E-state index contributed by atoms with van der Waals surface area (Å²) >= 11 is 0. The highest BCUT2D eigenvalue weighted by molar-refractivity contribution is 5.77. The number of carboxylic acid groups (broad SMARTS) is 1. The number of unbranched alkanes of at least 4 members (excludes halogenated alkanes) is 1. The molecule has 21 heavy (non-hydrogen) atoms. The Morgan fingerprint density at radius 2 is 2.00 bits per heavy atom. The second-order valence-corrected chi connectivity index (χ2v) is 5.05. The zero-order valence-electron chi connectivity index (χ0n) is 12.6. The molecule has 0 saturated carbocycles. The van der Waals surface area contributed by atoms with E-state index in [0.29, 0.717) is 25.8 Å². The van der Waals surface area contributed by atoms with Crippen LogP contribution < -0.4 is 10.1 Å². The predicted molar refractivity (Wildman–Crippen MR) is 80.5 cm³/mol. The van der Waals surface area contributed by atoms with Crippen LogP contribution in [0.3, 0.4) is 0 Å². The molecule has 0 heterocycles. The Labute approximate surface area is 125 Å². The lowest BCUT2D eigenvalue weighted by atomic mass is 9.96. The first kappa shape index (κ1) is 17.0. The van der Waals surface area contributed by atoms with E-state index in [9.17, 15) is 9.59 Å². The average Bonchev–Trinajstić information content (AvgIpc) is 2.46. The fourth-order valence-electron chi connectivity index (χ4n) is 2.16. The smallest absolute Gasteiger partial charge is 0.303 e. The van der Waals surface area contributed by atoms with Crippen LogP contribution in [0.15, 0.2) is 24.3 Å². The molecule has 1 rings (SSSR count). The van der Waals surface area contributed by atoms with Crippen LogP contribution >= 0.6 is 0 Å². The van der Waals surface area contributed by atoms with E-state index in [0.717, 1.165) is 11.3 Å². The van der Waals surface area contributed by atoms with Crippen molar-refractivity contribution in [3.05, 3.63) is 29.8 Å². The van der Waals surface area contributed by atoms with Crippen LogP contribution in [-0.4, -0.2) is 30.6 Å². The van der Waals surface area contributed by atoms with Gasteiger partial charge in [-0.3, -0.25) is 9.59 Å². The molecule has 0 aromatic heterocycles. The lowest BCUT2D eigenvalue weighted by Gasteiger charge is -2.15. The quantitative estimate of drug-likeness (QED) is 0.686. The van der Waals surface area contributed by atoms with Crippen molar-refractivity contribution in [2.45, 2.75) is 38.5 Å². The summed E-state index contributed by atoms with van der Waals surface area (Å²) in [6, 6.07) is 7.68. The Kier molecular flexibility index (Phi) is 7.29. The third-order valence-corrected chi connectivity index (χ3v) is 3.30. The van der Waals surface area contributed by atoms with Crippen molar-refractivity contribution >= 4 is 11.9 Å². The van der Waals surface area contributed by atoms with Gasteiger partial charge in [0.05, 0.1) is 7.11 Å². The highest BCUT2D eigenvalue weighted by Crippen LogP contribution is 2.28. The van der Waals surface area contributed by atoms with Crippen molar-refractivity contribution in [1.82, 2.24) is 5.32 Å². The number of hydrogen-bond acceptors (Lipinski definition) is 3. The van der Waals surface area contributed by atoms with Crippen LogP contribution in [0.5, 0.6) is 5.75 Å². The van der Waals surface area contributed by atoms with Gasteiger partial charge in [0.1, 0.15) is 5.75 Å². The first-order chi connectivity index (χ1) is 10.0. The topological polar surface area (TPSA) is 75.6 Å². The van der Waals surface area contributed by atoms with Crippen LogP contribution in [0.1, 0.15) is 44.1 Å². The first-order valence-corrected chi connectivity index (χ1v) is 7.16. The molecule has 5 nitrogen and oxygen atoms in total. The normalized spacial score (nSPS) is 11.7. The van der Waals surface area contributed by atoms with Crippen LogP contribution in [0.2, 0.25) is 0 Å². The largest absolute Gasteiger partial charge is 0.496 e. The number of rotatable bonds is 9. The molecule has 0 aliphatic heterocycles. The molecule has 0 saturated heterocycles. The van der Waals surface area contributed by atoms with Gasteiger partial charge >= 0.3 is 5.97 Å². The Morgan fingerprint density at radius 1 is 1.29 bits per heavy atom. The van der Waals surface area contributed by atoms with Crippen molar-refractivity contribution in [2.24, 2.45) is 0 Å². The Morgan fingerprint density at radius 3 is 2.67 bits per heavy atom. The minimum absolute atomic E-state index is 0.0243. The molecule has 1 amide bonds. The van der Waals surface area contributed by atoms with E-state index in [2.05, 4.69) is 5.32 Å². The number of ether oxygens (including phenoxy) is 1. The summed E-state index contributed by atoms with van der Waals surface area (Å²) in [5, 5.41) is 11.3. The molecule has 0 aliphatic rings. The molecule has 2 N–H and O–H groups in total. The number of para-hydroxylation sites is 1. The van der Waals surface area contributed by atoms with E-state index in [1.165, 1.54) is 0 Å². The summed E-state index contributed by atoms with van der Waals surface area (Å²) in [5.41, 5.74) is 1.01. The number of carboxylic acids is 1. The van der Waals surface area contributed by atoms with Gasteiger partial charge in [0.2, 0.25) is 5.91 Å². The van der Waals surface area contributed by atoms with E-state index in [1.807, 2.05) is 31.2 Å². The summed E-state index contributed by atoms with van der Waals surface area (Å²) in [5.74, 6) is 0.0364. The highest BCUT2D eigenvalue weighted by Gasteiger charge is 2.14. The van der Waals surface area contributed by atoms with Gasteiger partial charge in [-0.15, -0.1) is 0 Å². The van der Waals surface area contributed by atoms with Gasteiger partial charge in [-0.25, -0.2) is 0 Å². The van der Waals surface area contributed by atoms with Crippen LogP contribution in [0.4, 0.5) is 0 Å². The summed E-state index contributed by atoms with van der Waals surface area (Å²) in [6.07, 6.45) is 1.80. The Hall–Kier alpha value is -2.04. The number of nitrogens with one attached hydrogen (secondary N) is 1. The van der Waals surface area contributed by atoms with Gasteiger partial charge < -0.3 is 15.2 Å². The molecule has 116 valence electrons. The molecular formula is C16H23NO4. The van der Waals surface area contributed by atoms with Crippen LogP contribution in [-0.2, 0) is 9.59 Å². The first-order valence-electron chi connectivity index (χ1n) is 7.16. The molecule has 0 bridgehead atoms. The van der Waals surface area contributed by atoms with Crippen molar-refractivity contribution in [3.8, 4) is 5.75 Å². The van der Waals surface area contributed by atoms with E-state index in [-0.39, 0.29) is 18.2 Å². The molecule has 1 aromatic rings. The Bertz CT molecular complexity index is 473. The minimum Gasteiger partial charge on any atom is -0.496 e. The van der Waals surface area contributed by atoms with Gasteiger partial charge in [-0.2, -0.15) is 0 Å². The zero-order chi connectivity index (χ0) is 15.7. The van der Waals surface area contributed by atoms with E-state index in [1.54, 1.807) is 7.11 Å². The summed E-state index contributed by atoms with van der Waals surface area (Å²) in [7, 11) is 1.62. The summed E-state index contributed by atoms with van der Waals surface area (Å²) in [4.78, 5) is 22.2. The third kappa shape index (κ3) is 6.29. The van der Waals surface area contributed by atoms with Crippen molar-refractivity contribution < 1.29 is 19.4 Å². The average molecular weight is 293 g/mol. The molecule has 0 radical (unpaired) electrons. The second-order valence-electron chi connectivity index (χ2n) is 5.05. The predicted octanol–water partition coefficient (Wildman–Crippen LogP) is 2.56. The summed E-state index contributed by atoms with van der Waals surface area (Å²) < 4.78 is 5.30. The van der Waals surface area contributed by atoms with Crippen LogP contribution in [0.25, 0.3) is 0 Å². The molecule has 0 fully saturated rings. The standard InChI is InChI=1S/C16H23NO4/c1-12(13-7-3-4-8-14(13)21-2)11-15(18)17-10-6-5-9-16(19)20/h3-4,7-8,12H,5-6,9-11H2,1-2H3,(H,17,18)(H,19,20). The minimum atomic E-state index is -0.800. The SMILES string of the molecule is COc1ccccc1C(C)CC(=O)NCCCCC(=O)O. The highest BCUT2D eigenvalue weighted by atomic mass is 16.5. The van der Waals surface area contributed by atoms with E-state index in [4.69, 9.17) is 9.84 Å². The monoisotopic (exact) mass is 293 g/mol. The maximum absolute atomic E-state index is 11.9. The molecule has 1 aromatic carbocycles. The third-order valence-electron chi connectivity index (χ3n) is 3.30. The fraction of sp³-hybridized carbons (Fsp3) is 0.500. The van der Waals surface area contributed by atoms with Gasteiger partial charge in [0.25, 0.3) is 0 Å². The molecular weight excluding hydrogens is 270 g/mol. The fourth-order valence-corrected chi connectivity index (χ4v) is 2.16. The number of methoxy groups -OCH3 is 1. The Balaban J connectivity index is 2.35. The van der Waals surface area contributed by atoms with E-state index >= 15 is 0 Å². The van der Waals surface area contributed by atoms with E-state index < -0.39 is 5.97 Å². The van der Waals surface area contributed by atoms with Gasteiger partial charge in [-0.05, 0) is 30.4 Å². The van der Waals surface area contributed by atoms with Gasteiger partial charge in [0.15, 0.2) is 0 Å². The maximum atomic E-state index is 11.9. The molecule has 5 heteroatoms. The number of benzene rings is 1. The van der Waals surface area contributed by atoms with Crippen molar-refractivity contribution in [2.75, 3.05) is 13.7 Å². The zero-order valence-corrected chi connectivity index (χ0v) is 12.6. The number of hydrogen-bond donors (Lipinski definition) is 2. The molecule has 0 spiro atoms. The molecule has 1 atom stereocenters. The van der Waals surface area contributed by atoms with Gasteiger partial charge in [-0.1, -0.05) is 25.1 Å².